The second-order valence-electron chi connectivity index (χ2n) is 5.08. The minimum absolute atomic E-state index is 0.197. The molecule has 0 amide bonds. The van der Waals surface area contributed by atoms with Gasteiger partial charge in [-0.15, -0.1) is 0 Å². The normalized spacial score (nSPS) is 10.8. The second-order valence-corrected chi connectivity index (χ2v) is 5.08. The summed E-state index contributed by atoms with van der Waals surface area (Å²) in [6.07, 6.45) is 0. The second kappa shape index (κ2) is 6.53. The zero-order valence-corrected chi connectivity index (χ0v) is 11.9. The summed E-state index contributed by atoms with van der Waals surface area (Å²) in [5.41, 5.74) is 7.69. The van der Waals surface area contributed by atoms with Gasteiger partial charge in [-0.05, 0) is 17.5 Å². The first-order valence-corrected chi connectivity index (χ1v) is 6.81. The number of nitrogens with two attached hydrogens (primary N) is 1. The molecule has 2 N–H and O–H groups in total. The van der Waals surface area contributed by atoms with E-state index in [1.54, 1.807) is 18.2 Å². The number of benzene rings is 2. The predicted molar refractivity (Wildman–Crippen MR) is 79.2 cm³/mol. The molecule has 3 heteroatoms. The average Bonchev–Trinajstić information content (AvgIpc) is 2.46. The third-order valence-electron chi connectivity index (χ3n) is 3.30. The van der Waals surface area contributed by atoms with Crippen LogP contribution in [0.4, 0.5) is 4.39 Å². The number of para-hydroxylation sites is 1. The Balaban J connectivity index is 2.17. The van der Waals surface area contributed by atoms with Crippen molar-refractivity contribution in [3.63, 3.8) is 0 Å². The maximum Gasteiger partial charge on any atom is 0.134 e. The molecule has 0 saturated carbocycles. The van der Waals surface area contributed by atoms with Crippen LogP contribution in [0.3, 0.4) is 0 Å². The van der Waals surface area contributed by atoms with Gasteiger partial charge in [0.25, 0.3) is 0 Å². The maximum atomic E-state index is 14.1. The van der Waals surface area contributed by atoms with Crippen molar-refractivity contribution in [3.8, 4) is 5.75 Å². The average molecular weight is 273 g/mol. The predicted octanol–water partition coefficient (Wildman–Crippen LogP) is 3.99. The van der Waals surface area contributed by atoms with E-state index >= 15 is 0 Å². The first-order valence-electron chi connectivity index (χ1n) is 6.81. The van der Waals surface area contributed by atoms with Crippen molar-refractivity contribution >= 4 is 0 Å². The van der Waals surface area contributed by atoms with Crippen molar-refractivity contribution in [1.29, 1.82) is 0 Å². The largest absolute Gasteiger partial charge is 0.489 e. The molecule has 2 nitrogen and oxygen atoms in total. The van der Waals surface area contributed by atoms with Gasteiger partial charge in [-0.25, -0.2) is 4.39 Å². The summed E-state index contributed by atoms with van der Waals surface area (Å²) < 4.78 is 19.9. The van der Waals surface area contributed by atoms with Crippen LogP contribution in [0.5, 0.6) is 5.75 Å². The number of hydrogen-bond donors (Lipinski definition) is 1. The SMILES string of the molecule is CC(C)c1ccccc1OCc1cccc(CN)c1F. The molecule has 0 aliphatic heterocycles. The molecule has 0 unspecified atom stereocenters. The summed E-state index contributed by atoms with van der Waals surface area (Å²) in [7, 11) is 0. The monoisotopic (exact) mass is 273 g/mol. The Labute approximate surface area is 119 Å². The summed E-state index contributed by atoms with van der Waals surface area (Å²) in [5, 5.41) is 0. The smallest absolute Gasteiger partial charge is 0.134 e. The molecular formula is C17H20FNO. The quantitative estimate of drug-likeness (QED) is 0.894. The van der Waals surface area contributed by atoms with Crippen LogP contribution in [-0.2, 0) is 13.2 Å². The Morgan fingerprint density at radius 2 is 1.75 bits per heavy atom. The van der Waals surface area contributed by atoms with Gasteiger partial charge in [0.15, 0.2) is 0 Å². The summed E-state index contributed by atoms with van der Waals surface area (Å²) >= 11 is 0. The molecule has 0 radical (unpaired) electrons. The molecule has 0 aliphatic rings. The van der Waals surface area contributed by atoms with Crippen LogP contribution in [0, 0.1) is 5.82 Å². The molecule has 0 bridgehead atoms. The number of halogens is 1. The van der Waals surface area contributed by atoms with Crippen molar-refractivity contribution < 1.29 is 9.13 Å². The van der Waals surface area contributed by atoms with E-state index in [1.807, 2.05) is 24.3 Å². The zero-order valence-electron chi connectivity index (χ0n) is 11.9. The molecule has 0 spiro atoms. The highest BCUT2D eigenvalue weighted by atomic mass is 19.1. The van der Waals surface area contributed by atoms with Crippen LogP contribution in [0.25, 0.3) is 0 Å². The van der Waals surface area contributed by atoms with Crippen LogP contribution in [0.2, 0.25) is 0 Å². The minimum atomic E-state index is -0.267. The summed E-state index contributed by atoms with van der Waals surface area (Å²) in [5.74, 6) is 0.906. The maximum absolute atomic E-state index is 14.1. The van der Waals surface area contributed by atoms with E-state index in [0.29, 0.717) is 17.0 Å². The Morgan fingerprint density at radius 1 is 1.05 bits per heavy atom. The Kier molecular flexibility index (Phi) is 4.74. The molecule has 0 aliphatic carbocycles. The molecule has 20 heavy (non-hydrogen) atoms. The number of rotatable bonds is 5. The Morgan fingerprint density at radius 3 is 2.45 bits per heavy atom. The van der Waals surface area contributed by atoms with Crippen molar-refractivity contribution in [2.24, 2.45) is 5.73 Å². The molecule has 106 valence electrons. The molecule has 0 heterocycles. The van der Waals surface area contributed by atoms with E-state index in [-0.39, 0.29) is 19.0 Å². The molecule has 0 fully saturated rings. The minimum Gasteiger partial charge on any atom is -0.489 e. The molecule has 2 aromatic rings. The standard InChI is InChI=1S/C17H20FNO/c1-12(2)15-8-3-4-9-16(15)20-11-14-7-5-6-13(10-19)17(14)18/h3-9,12H,10-11,19H2,1-2H3. The van der Waals surface area contributed by atoms with Gasteiger partial charge in [0.1, 0.15) is 18.2 Å². The molecule has 2 aromatic carbocycles. The molecule has 0 atom stereocenters. The fraction of sp³-hybridized carbons (Fsp3) is 0.294. The highest BCUT2D eigenvalue weighted by Crippen LogP contribution is 2.27. The number of hydrogen-bond acceptors (Lipinski definition) is 2. The van der Waals surface area contributed by atoms with Gasteiger partial charge in [-0.2, -0.15) is 0 Å². The lowest BCUT2D eigenvalue weighted by Gasteiger charge is -2.14. The van der Waals surface area contributed by atoms with Gasteiger partial charge < -0.3 is 10.5 Å². The fourth-order valence-electron chi connectivity index (χ4n) is 2.15. The first-order chi connectivity index (χ1) is 9.63. The van der Waals surface area contributed by atoms with E-state index in [2.05, 4.69) is 13.8 Å². The zero-order chi connectivity index (χ0) is 14.5. The van der Waals surface area contributed by atoms with Gasteiger partial charge in [0.2, 0.25) is 0 Å². The van der Waals surface area contributed by atoms with Gasteiger partial charge in [0, 0.05) is 17.7 Å². The summed E-state index contributed by atoms with van der Waals surface area (Å²) in [6, 6.07) is 13.1. The lowest BCUT2D eigenvalue weighted by atomic mass is 10.0. The molecule has 2 rings (SSSR count). The van der Waals surface area contributed by atoms with Gasteiger partial charge in [-0.1, -0.05) is 50.2 Å². The Hall–Kier alpha value is -1.87. The lowest BCUT2D eigenvalue weighted by molar-refractivity contribution is 0.295. The molecular weight excluding hydrogens is 253 g/mol. The first kappa shape index (κ1) is 14.5. The van der Waals surface area contributed by atoms with E-state index in [9.17, 15) is 4.39 Å². The van der Waals surface area contributed by atoms with E-state index in [4.69, 9.17) is 10.5 Å². The van der Waals surface area contributed by atoms with Crippen molar-refractivity contribution in [3.05, 3.63) is 65.0 Å². The molecule has 0 saturated heterocycles. The van der Waals surface area contributed by atoms with Crippen LogP contribution in [0.15, 0.2) is 42.5 Å². The third kappa shape index (κ3) is 3.17. The van der Waals surface area contributed by atoms with E-state index in [1.165, 1.54) is 0 Å². The highest BCUT2D eigenvalue weighted by molar-refractivity contribution is 5.36. The molecule has 0 aromatic heterocycles. The van der Waals surface area contributed by atoms with Crippen LogP contribution < -0.4 is 10.5 Å². The van der Waals surface area contributed by atoms with Gasteiger partial charge in [-0.3, -0.25) is 0 Å². The van der Waals surface area contributed by atoms with Crippen LogP contribution >= 0.6 is 0 Å². The van der Waals surface area contributed by atoms with Crippen LogP contribution in [-0.4, -0.2) is 0 Å². The summed E-state index contributed by atoms with van der Waals surface area (Å²) in [6.45, 7) is 4.63. The van der Waals surface area contributed by atoms with E-state index < -0.39 is 0 Å². The van der Waals surface area contributed by atoms with Gasteiger partial charge in [0.05, 0.1) is 0 Å². The van der Waals surface area contributed by atoms with Crippen LogP contribution in [0.1, 0.15) is 36.5 Å². The van der Waals surface area contributed by atoms with E-state index in [0.717, 1.165) is 11.3 Å². The van der Waals surface area contributed by atoms with Crippen molar-refractivity contribution in [1.82, 2.24) is 0 Å². The van der Waals surface area contributed by atoms with Gasteiger partial charge >= 0.3 is 0 Å². The summed E-state index contributed by atoms with van der Waals surface area (Å²) in [4.78, 5) is 0. The fourth-order valence-corrected chi connectivity index (χ4v) is 2.15. The highest BCUT2D eigenvalue weighted by Gasteiger charge is 2.10. The van der Waals surface area contributed by atoms with Crippen molar-refractivity contribution in [2.45, 2.75) is 32.9 Å². The Bertz CT molecular complexity index is 581. The third-order valence-corrected chi connectivity index (χ3v) is 3.30. The topological polar surface area (TPSA) is 35.2 Å². The van der Waals surface area contributed by atoms with Crippen molar-refractivity contribution in [2.75, 3.05) is 0 Å². The lowest BCUT2D eigenvalue weighted by Crippen LogP contribution is -2.06. The number of ether oxygens (including phenoxy) is 1.